The predicted octanol–water partition coefficient (Wildman–Crippen LogP) is 3.09. The third-order valence-corrected chi connectivity index (χ3v) is 6.61. The zero-order chi connectivity index (χ0) is 19.3. The summed E-state index contributed by atoms with van der Waals surface area (Å²) >= 11 is 6.48. The number of rotatable bonds is 9. The van der Waals surface area contributed by atoms with Crippen LogP contribution in [0.5, 0.6) is 0 Å². The van der Waals surface area contributed by atoms with Gasteiger partial charge in [0.1, 0.15) is 0 Å². The minimum absolute atomic E-state index is 0.127. The van der Waals surface area contributed by atoms with Gasteiger partial charge in [0, 0.05) is 30.8 Å². The number of benzene rings is 1. The average Bonchev–Trinajstić information content (AvgIpc) is 3.15. The molecule has 2 saturated heterocycles. The topological polar surface area (TPSA) is 44.8 Å². The highest BCUT2D eigenvalue weighted by molar-refractivity contribution is 6.31. The summed E-state index contributed by atoms with van der Waals surface area (Å²) in [5.41, 5.74) is 1.12. The number of carbonyl (C=O) groups is 1. The second-order valence-electron chi connectivity index (χ2n) is 8.47. The molecule has 2 heterocycles. The Morgan fingerprint density at radius 1 is 1.25 bits per heavy atom. The molecular weight excluding hydrogens is 374 g/mol. The molecule has 1 aliphatic carbocycles. The maximum Gasteiger partial charge on any atom is 0.234 e. The van der Waals surface area contributed by atoms with Crippen molar-refractivity contribution in [1.82, 2.24) is 15.1 Å². The number of halogens is 1. The van der Waals surface area contributed by atoms with Crippen LogP contribution in [0.15, 0.2) is 24.3 Å². The van der Waals surface area contributed by atoms with Crippen LogP contribution in [0, 0.1) is 5.92 Å². The lowest BCUT2D eigenvalue weighted by Crippen LogP contribution is -2.43. The van der Waals surface area contributed by atoms with Crippen LogP contribution in [0.1, 0.15) is 43.7 Å². The Balaban J connectivity index is 1.34. The highest BCUT2D eigenvalue weighted by Gasteiger charge is 2.33. The van der Waals surface area contributed by atoms with Gasteiger partial charge in [-0.3, -0.25) is 14.6 Å². The lowest BCUT2D eigenvalue weighted by Gasteiger charge is -2.30. The van der Waals surface area contributed by atoms with E-state index in [2.05, 4.69) is 21.2 Å². The van der Waals surface area contributed by atoms with Crippen molar-refractivity contribution < 1.29 is 9.53 Å². The molecule has 2 aliphatic heterocycles. The van der Waals surface area contributed by atoms with E-state index in [1.54, 1.807) is 0 Å². The minimum Gasteiger partial charge on any atom is -0.381 e. The van der Waals surface area contributed by atoms with E-state index in [1.165, 1.54) is 25.7 Å². The van der Waals surface area contributed by atoms with Crippen LogP contribution < -0.4 is 5.32 Å². The summed E-state index contributed by atoms with van der Waals surface area (Å²) in [4.78, 5) is 17.6. The van der Waals surface area contributed by atoms with Gasteiger partial charge in [-0.2, -0.15) is 0 Å². The van der Waals surface area contributed by atoms with Crippen LogP contribution >= 0.6 is 11.6 Å². The van der Waals surface area contributed by atoms with E-state index in [0.717, 1.165) is 49.9 Å². The first-order chi connectivity index (χ1) is 13.7. The van der Waals surface area contributed by atoms with Gasteiger partial charge in [-0.25, -0.2) is 0 Å². The van der Waals surface area contributed by atoms with Crippen molar-refractivity contribution in [3.8, 4) is 0 Å². The summed E-state index contributed by atoms with van der Waals surface area (Å²) in [6.07, 6.45) is 5.99. The first kappa shape index (κ1) is 20.1. The molecule has 28 heavy (non-hydrogen) atoms. The predicted molar refractivity (Wildman–Crippen MR) is 112 cm³/mol. The van der Waals surface area contributed by atoms with Crippen LogP contribution in [0.4, 0.5) is 0 Å². The van der Waals surface area contributed by atoms with Crippen molar-refractivity contribution in [3.05, 3.63) is 34.9 Å². The molecule has 1 saturated carbocycles. The summed E-state index contributed by atoms with van der Waals surface area (Å²) in [7, 11) is 0. The molecule has 0 unspecified atom stereocenters. The first-order valence-corrected chi connectivity index (χ1v) is 11.2. The highest BCUT2D eigenvalue weighted by atomic mass is 35.5. The largest absolute Gasteiger partial charge is 0.381 e. The molecule has 3 fully saturated rings. The molecule has 1 N–H and O–H groups in total. The number of carbonyl (C=O) groups excluding carboxylic acids is 1. The summed E-state index contributed by atoms with van der Waals surface area (Å²) in [5.74, 6) is 0.705. The van der Waals surface area contributed by atoms with E-state index in [1.807, 2.05) is 18.2 Å². The van der Waals surface area contributed by atoms with Crippen LogP contribution in [0.2, 0.25) is 5.02 Å². The monoisotopic (exact) mass is 405 g/mol. The molecule has 1 aromatic rings. The fourth-order valence-electron chi connectivity index (χ4n) is 4.53. The number of ether oxygens (including phenoxy) is 1. The first-order valence-electron chi connectivity index (χ1n) is 10.8. The summed E-state index contributed by atoms with van der Waals surface area (Å²) in [6.45, 7) is 5.95. The molecule has 0 spiro atoms. The Labute approximate surface area is 173 Å². The molecule has 0 radical (unpaired) electrons. The molecule has 154 valence electrons. The molecule has 1 amide bonds. The lowest BCUT2D eigenvalue weighted by molar-refractivity contribution is -0.122. The van der Waals surface area contributed by atoms with Crippen LogP contribution in [0.3, 0.4) is 0 Å². The molecule has 3 aliphatic rings. The van der Waals surface area contributed by atoms with Crippen molar-refractivity contribution >= 4 is 17.5 Å². The third-order valence-electron chi connectivity index (χ3n) is 6.26. The molecule has 4 rings (SSSR count). The number of amides is 1. The Kier molecular flexibility index (Phi) is 6.89. The summed E-state index contributed by atoms with van der Waals surface area (Å²) < 4.78 is 5.51. The normalized spacial score (nSPS) is 24.0. The van der Waals surface area contributed by atoms with Gasteiger partial charge >= 0.3 is 0 Å². The number of hydrogen-bond donors (Lipinski definition) is 1. The maximum absolute atomic E-state index is 12.8. The SMILES string of the molecule is O=C(CN(C[C@@H]1CCOC1)C1CC1)NC[C@@H](c1ccccc1Cl)N1CCCC1. The fourth-order valence-corrected chi connectivity index (χ4v) is 4.79. The molecule has 0 bridgehead atoms. The average molecular weight is 406 g/mol. The number of likely N-dealkylation sites (tertiary alicyclic amines) is 1. The van der Waals surface area contributed by atoms with Crippen molar-refractivity contribution in [2.45, 2.75) is 44.2 Å². The number of nitrogens with zero attached hydrogens (tertiary/aromatic N) is 2. The Morgan fingerprint density at radius 2 is 2.04 bits per heavy atom. The van der Waals surface area contributed by atoms with Gasteiger partial charge in [0.2, 0.25) is 5.91 Å². The van der Waals surface area contributed by atoms with E-state index >= 15 is 0 Å². The molecule has 1 aromatic carbocycles. The summed E-state index contributed by atoms with van der Waals surface area (Å²) in [6, 6.07) is 8.77. The van der Waals surface area contributed by atoms with E-state index in [-0.39, 0.29) is 11.9 Å². The Bertz CT molecular complexity index is 655. The zero-order valence-corrected chi connectivity index (χ0v) is 17.4. The molecule has 2 atom stereocenters. The molecule has 6 heteroatoms. The van der Waals surface area contributed by atoms with Crippen molar-refractivity contribution in [2.75, 3.05) is 45.9 Å². The van der Waals surface area contributed by atoms with Crippen molar-refractivity contribution in [2.24, 2.45) is 5.92 Å². The Morgan fingerprint density at radius 3 is 2.71 bits per heavy atom. The van der Waals surface area contributed by atoms with Gasteiger partial charge in [0.25, 0.3) is 0 Å². The second kappa shape index (κ2) is 9.57. The smallest absolute Gasteiger partial charge is 0.234 e. The minimum atomic E-state index is 0.127. The van der Waals surface area contributed by atoms with Gasteiger partial charge in [-0.15, -0.1) is 0 Å². The van der Waals surface area contributed by atoms with Crippen LogP contribution in [-0.4, -0.2) is 67.7 Å². The van der Waals surface area contributed by atoms with Gasteiger partial charge in [-0.05, 0) is 62.7 Å². The highest BCUT2D eigenvalue weighted by Crippen LogP contribution is 2.30. The number of hydrogen-bond acceptors (Lipinski definition) is 4. The Hall–Kier alpha value is -1.14. The van der Waals surface area contributed by atoms with E-state index in [0.29, 0.717) is 25.0 Å². The van der Waals surface area contributed by atoms with Crippen LogP contribution in [0.25, 0.3) is 0 Å². The third kappa shape index (κ3) is 5.26. The second-order valence-corrected chi connectivity index (χ2v) is 8.88. The zero-order valence-electron chi connectivity index (χ0n) is 16.6. The van der Waals surface area contributed by atoms with Crippen LogP contribution in [-0.2, 0) is 9.53 Å². The fraction of sp³-hybridized carbons (Fsp3) is 0.682. The van der Waals surface area contributed by atoms with Gasteiger partial charge in [0.15, 0.2) is 0 Å². The van der Waals surface area contributed by atoms with E-state index < -0.39 is 0 Å². The summed E-state index contributed by atoms with van der Waals surface area (Å²) in [5, 5.41) is 4.00. The van der Waals surface area contributed by atoms with Gasteiger partial charge < -0.3 is 10.1 Å². The van der Waals surface area contributed by atoms with Gasteiger partial charge in [-0.1, -0.05) is 29.8 Å². The maximum atomic E-state index is 12.8. The van der Waals surface area contributed by atoms with Crippen molar-refractivity contribution in [3.63, 3.8) is 0 Å². The molecular formula is C22H32ClN3O2. The van der Waals surface area contributed by atoms with E-state index in [4.69, 9.17) is 16.3 Å². The quantitative estimate of drug-likeness (QED) is 0.685. The molecule has 0 aromatic heterocycles. The van der Waals surface area contributed by atoms with Gasteiger partial charge in [0.05, 0.1) is 19.2 Å². The standard InChI is InChI=1S/C22H32ClN3O2/c23-20-6-2-1-5-19(20)21(25-10-3-4-11-25)13-24-22(27)15-26(18-7-8-18)14-17-9-12-28-16-17/h1-2,5-6,17-18,21H,3-4,7-16H2,(H,24,27)/t17-,21-/m0/s1. The number of nitrogens with one attached hydrogen (secondary N) is 1. The van der Waals surface area contributed by atoms with E-state index in [9.17, 15) is 4.79 Å². The lowest BCUT2D eigenvalue weighted by atomic mass is 10.1. The van der Waals surface area contributed by atoms with Crippen molar-refractivity contribution in [1.29, 1.82) is 0 Å². The molecule has 5 nitrogen and oxygen atoms in total.